The molecule has 0 spiro atoms. The second kappa shape index (κ2) is 8.10. The van der Waals surface area contributed by atoms with Crippen molar-refractivity contribution in [1.82, 2.24) is 24.6 Å². The van der Waals surface area contributed by atoms with Crippen LogP contribution in [0.15, 0.2) is 30.6 Å². The Labute approximate surface area is 178 Å². The van der Waals surface area contributed by atoms with Gasteiger partial charge in [-0.2, -0.15) is 10.1 Å². The van der Waals surface area contributed by atoms with Gasteiger partial charge in [0.05, 0.1) is 30.3 Å². The van der Waals surface area contributed by atoms with Gasteiger partial charge in [-0.05, 0) is 32.4 Å². The number of aromatic nitrogens is 5. The van der Waals surface area contributed by atoms with Crippen molar-refractivity contribution in [1.29, 1.82) is 0 Å². The first-order valence-corrected chi connectivity index (χ1v) is 9.68. The fourth-order valence-electron chi connectivity index (χ4n) is 3.67. The maximum atomic E-state index is 12.6. The number of methoxy groups -OCH3 is 1. The van der Waals surface area contributed by atoms with Crippen LogP contribution in [0.25, 0.3) is 16.7 Å². The number of para-hydroxylation sites is 1. The van der Waals surface area contributed by atoms with E-state index < -0.39 is 11.9 Å². The maximum Gasteiger partial charge on any atom is 0.340 e. The van der Waals surface area contributed by atoms with E-state index in [-0.39, 0.29) is 13.0 Å². The summed E-state index contributed by atoms with van der Waals surface area (Å²) in [6.07, 6.45) is 1.43. The molecular weight excluding hydrogens is 398 g/mol. The minimum absolute atomic E-state index is 0.0145. The summed E-state index contributed by atoms with van der Waals surface area (Å²) in [7, 11) is 1.31. The molecule has 0 N–H and O–H groups in total. The molecule has 9 heteroatoms. The van der Waals surface area contributed by atoms with E-state index in [1.54, 1.807) is 4.52 Å². The number of rotatable bonds is 5. The molecule has 0 saturated carbocycles. The van der Waals surface area contributed by atoms with Crippen LogP contribution in [0.5, 0.6) is 0 Å². The van der Waals surface area contributed by atoms with Gasteiger partial charge in [0.2, 0.25) is 0 Å². The Bertz CT molecular complexity index is 1330. The summed E-state index contributed by atoms with van der Waals surface area (Å²) in [5.41, 5.74) is 4.29. The van der Waals surface area contributed by atoms with Gasteiger partial charge in [-0.15, -0.1) is 0 Å². The summed E-state index contributed by atoms with van der Waals surface area (Å²) in [5, 5.41) is 4.97. The fraction of sp³-hybridized carbons (Fsp3) is 0.273. The minimum atomic E-state index is -0.519. The number of benzene rings is 1. The predicted molar refractivity (Wildman–Crippen MR) is 112 cm³/mol. The van der Waals surface area contributed by atoms with Crippen LogP contribution in [0.4, 0.5) is 0 Å². The molecule has 0 aliphatic heterocycles. The molecule has 4 rings (SSSR count). The monoisotopic (exact) mass is 419 g/mol. The molecule has 0 aliphatic rings. The summed E-state index contributed by atoms with van der Waals surface area (Å²) in [6.45, 7) is 5.34. The van der Waals surface area contributed by atoms with Gasteiger partial charge in [0, 0.05) is 22.3 Å². The number of fused-ring (bicyclic) bond motifs is 2. The molecule has 3 aromatic heterocycles. The quantitative estimate of drug-likeness (QED) is 0.454. The highest BCUT2D eigenvalue weighted by Crippen LogP contribution is 2.24. The van der Waals surface area contributed by atoms with Crippen molar-refractivity contribution in [2.24, 2.45) is 0 Å². The third-order valence-electron chi connectivity index (χ3n) is 5.30. The Hall–Kier alpha value is -3.88. The highest BCUT2D eigenvalue weighted by Gasteiger charge is 2.21. The topological polar surface area (TPSA) is 109 Å². The lowest BCUT2D eigenvalue weighted by atomic mass is 10.0. The number of carbonyl (C=O) groups excluding carboxylic acids is 2. The van der Waals surface area contributed by atoms with Gasteiger partial charge in [0.15, 0.2) is 0 Å². The average molecular weight is 419 g/mol. The Morgan fingerprint density at radius 1 is 1.10 bits per heavy atom. The van der Waals surface area contributed by atoms with Crippen molar-refractivity contribution in [2.45, 2.75) is 33.8 Å². The smallest absolute Gasteiger partial charge is 0.340 e. The summed E-state index contributed by atoms with van der Waals surface area (Å²) in [5.74, 6) is -0.504. The first-order chi connectivity index (χ1) is 14.9. The molecule has 0 radical (unpaired) electrons. The van der Waals surface area contributed by atoms with Crippen LogP contribution in [-0.2, 0) is 27.3 Å². The standard InChI is InChI=1S/C22H21N5O4/c1-12-15-7-5-6-8-17(15)26-18(20(12)21(29)30-4)10-31-19(28)9-16-13(2)25-22-23-11-24-27(22)14(16)3/h5-8,11H,9-10H2,1-4H3. The molecule has 31 heavy (non-hydrogen) atoms. The minimum Gasteiger partial charge on any atom is -0.465 e. The molecule has 1 aromatic carbocycles. The van der Waals surface area contributed by atoms with Gasteiger partial charge in [0.25, 0.3) is 5.78 Å². The lowest BCUT2D eigenvalue weighted by Gasteiger charge is -2.14. The van der Waals surface area contributed by atoms with Crippen molar-refractivity contribution < 1.29 is 19.1 Å². The van der Waals surface area contributed by atoms with E-state index in [9.17, 15) is 9.59 Å². The van der Waals surface area contributed by atoms with Crippen LogP contribution >= 0.6 is 0 Å². The highest BCUT2D eigenvalue weighted by molar-refractivity contribution is 5.98. The molecule has 158 valence electrons. The largest absolute Gasteiger partial charge is 0.465 e. The molecule has 0 amide bonds. The first-order valence-electron chi connectivity index (χ1n) is 9.68. The zero-order valence-corrected chi connectivity index (χ0v) is 17.7. The van der Waals surface area contributed by atoms with Gasteiger partial charge in [-0.3, -0.25) is 4.79 Å². The van der Waals surface area contributed by atoms with Gasteiger partial charge in [0.1, 0.15) is 12.9 Å². The van der Waals surface area contributed by atoms with Crippen molar-refractivity contribution in [2.75, 3.05) is 7.11 Å². The summed E-state index contributed by atoms with van der Waals surface area (Å²) in [6, 6.07) is 7.48. The van der Waals surface area contributed by atoms with Gasteiger partial charge >= 0.3 is 11.9 Å². The molecule has 0 bridgehead atoms. The molecular formula is C22H21N5O4. The van der Waals surface area contributed by atoms with Crippen molar-refractivity contribution >= 4 is 28.6 Å². The van der Waals surface area contributed by atoms with E-state index in [4.69, 9.17) is 9.47 Å². The number of nitrogens with zero attached hydrogens (tertiary/aromatic N) is 5. The van der Waals surface area contributed by atoms with Gasteiger partial charge in [-0.25, -0.2) is 19.3 Å². The summed E-state index contributed by atoms with van der Waals surface area (Å²) < 4.78 is 12.0. The lowest BCUT2D eigenvalue weighted by molar-refractivity contribution is -0.144. The lowest BCUT2D eigenvalue weighted by Crippen LogP contribution is -2.16. The number of hydrogen-bond donors (Lipinski definition) is 0. The Morgan fingerprint density at radius 2 is 1.87 bits per heavy atom. The van der Waals surface area contributed by atoms with Crippen LogP contribution in [-0.4, -0.2) is 43.6 Å². The van der Waals surface area contributed by atoms with Crippen molar-refractivity contribution in [3.05, 3.63) is 64.4 Å². The predicted octanol–water partition coefficient (Wildman–Crippen LogP) is 2.67. The number of hydrogen-bond acceptors (Lipinski definition) is 8. The molecule has 3 heterocycles. The number of pyridine rings is 1. The number of aryl methyl sites for hydroxylation is 3. The SMILES string of the molecule is COC(=O)c1c(COC(=O)Cc2c(C)nc3ncnn3c2C)nc2ccccc2c1C. The van der Waals surface area contributed by atoms with Crippen molar-refractivity contribution in [3.63, 3.8) is 0 Å². The molecule has 0 aliphatic carbocycles. The molecule has 4 aromatic rings. The third kappa shape index (κ3) is 3.70. The molecule has 0 saturated heterocycles. The van der Waals surface area contributed by atoms with Gasteiger partial charge in [-0.1, -0.05) is 18.2 Å². The van der Waals surface area contributed by atoms with E-state index >= 15 is 0 Å². The normalized spacial score (nSPS) is 11.1. The van der Waals surface area contributed by atoms with Gasteiger partial charge < -0.3 is 9.47 Å². The molecule has 9 nitrogen and oxygen atoms in total. The Balaban J connectivity index is 1.61. The second-order valence-corrected chi connectivity index (χ2v) is 7.14. The number of carbonyl (C=O) groups is 2. The van der Waals surface area contributed by atoms with Crippen LogP contribution < -0.4 is 0 Å². The van der Waals surface area contributed by atoms with E-state index in [0.29, 0.717) is 28.2 Å². The van der Waals surface area contributed by atoms with E-state index in [1.165, 1.54) is 13.4 Å². The fourth-order valence-corrected chi connectivity index (χ4v) is 3.67. The van der Waals surface area contributed by atoms with Crippen LogP contribution in [0, 0.1) is 20.8 Å². The number of ether oxygens (including phenoxy) is 2. The van der Waals surface area contributed by atoms with E-state index in [0.717, 1.165) is 22.2 Å². The van der Waals surface area contributed by atoms with Crippen LogP contribution in [0.1, 0.15) is 38.6 Å². The summed E-state index contributed by atoms with van der Waals surface area (Å²) in [4.78, 5) is 38.0. The van der Waals surface area contributed by atoms with E-state index in [2.05, 4.69) is 20.1 Å². The Kier molecular flexibility index (Phi) is 5.33. The molecule has 0 atom stereocenters. The van der Waals surface area contributed by atoms with Crippen LogP contribution in [0.2, 0.25) is 0 Å². The molecule has 0 fully saturated rings. The maximum absolute atomic E-state index is 12.6. The second-order valence-electron chi connectivity index (χ2n) is 7.14. The zero-order chi connectivity index (χ0) is 22.1. The van der Waals surface area contributed by atoms with Crippen LogP contribution in [0.3, 0.4) is 0 Å². The molecule has 0 unspecified atom stereocenters. The number of esters is 2. The summed E-state index contributed by atoms with van der Waals surface area (Å²) >= 11 is 0. The third-order valence-corrected chi connectivity index (χ3v) is 5.30. The average Bonchev–Trinajstić information content (AvgIpc) is 3.23. The zero-order valence-electron chi connectivity index (χ0n) is 17.7. The highest BCUT2D eigenvalue weighted by atomic mass is 16.5. The van der Waals surface area contributed by atoms with E-state index in [1.807, 2.05) is 45.0 Å². The van der Waals surface area contributed by atoms with Crippen molar-refractivity contribution in [3.8, 4) is 0 Å². The first kappa shape index (κ1) is 20.4. The Morgan fingerprint density at radius 3 is 2.65 bits per heavy atom.